The summed E-state index contributed by atoms with van der Waals surface area (Å²) in [6.07, 6.45) is -6.78. The van der Waals surface area contributed by atoms with E-state index in [9.17, 15) is 31.1 Å². The van der Waals surface area contributed by atoms with E-state index in [1.807, 2.05) is 25.1 Å². The Bertz CT molecular complexity index is 1260. The number of anilines is 1. The highest BCUT2D eigenvalue weighted by Gasteiger charge is 2.41. The molecular formula is C25H23F6N3OS. The first-order chi connectivity index (χ1) is 16.6. The SMILES string of the molecule is CSc1ncc(-c2ccccc2C)c(N(C)C(=O)C(C)(C)c2cc(C(F)(F)F)cc(C(F)(F)F)c2)n1. The molecule has 0 aliphatic carbocycles. The Morgan fingerprint density at radius 2 is 1.42 bits per heavy atom. The number of carbonyl (C=O) groups excluding carboxylic acids is 1. The lowest BCUT2D eigenvalue weighted by Crippen LogP contribution is -2.42. The van der Waals surface area contributed by atoms with Gasteiger partial charge < -0.3 is 0 Å². The third kappa shape index (κ3) is 5.50. The van der Waals surface area contributed by atoms with Gasteiger partial charge in [-0.05, 0) is 61.9 Å². The molecule has 0 saturated carbocycles. The summed E-state index contributed by atoms with van der Waals surface area (Å²) in [5, 5.41) is 0.346. The van der Waals surface area contributed by atoms with Crippen molar-refractivity contribution in [2.75, 3.05) is 18.2 Å². The molecule has 4 nitrogen and oxygen atoms in total. The molecule has 0 saturated heterocycles. The fraction of sp³-hybridized carbons (Fsp3) is 0.320. The number of halogens is 6. The molecule has 192 valence electrons. The average molecular weight is 528 g/mol. The summed E-state index contributed by atoms with van der Waals surface area (Å²) in [6.45, 7) is 4.42. The van der Waals surface area contributed by atoms with Crippen LogP contribution < -0.4 is 4.90 Å². The quantitative estimate of drug-likeness (QED) is 0.201. The van der Waals surface area contributed by atoms with Gasteiger partial charge in [-0.25, -0.2) is 9.97 Å². The molecular weight excluding hydrogens is 504 g/mol. The second-order valence-corrected chi connectivity index (χ2v) is 9.47. The van der Waals surface area contributed by atoms with E-state index in [2.05, 4.69) is 9.97 Å². The smallest absolute Gasteiger partial charge is 0.299 e. The number of alkyl halides is 6. The second kappa shape index (κ2) is 9.76. The van der Waals surface area contributed by atoms with Crippen molar-refractivity contribution in [2.24, 2.45) is 0 Å². The zero-order valence-corrected chi connectivity index (χ0v) is 20.9. The summed E-state index contributed by atoms with van der Waals surface area (Å²) in [4.78, 5) is 23.5. The summed E-state index contributed by atoms with van der Waals surface area (Å²) >= 11 is 1.22. The Morgan fingerprint density at radius 1 is 0.889 bits per heavy atom. The van der Waals surface area contributed by atoms with Gasteiger partial charge in [-0.3, -0.25) is 9.69 Å². The van der Waals surface area contributed by atoms with Gasteiger partial charge in [0, 0.05) is 18.8 Å². The van der Waals surface area contributed by atoms with Gasteiger partial charge in [0.25, 0.3) is 0 Å². The van der Waals surface area contributed by atoms with E-state index in [1.165, 1.54) is 32.7 Å². The second-order valence-electron chi connectivity index (χ2n) is 8.69. The molecule has 0 spiro atoms. The summed E-state index contributed by atoms with van der Waals surface area (Å²) < 4.78 is 80.6. The summed E-state index contributed by atoms with van der Waals surface area (Å²) in [5.74, 6) is -0.555. The van der Waals surface area contributed by atoms with E-state index >= 15 is 0 Å². The van der Waals surface area contributed by atoms with Crippen LogP contribution in [0.1, 0.15) is 36.1 Å². The van der Waals surface area contributed by atoms with Crippen molar-refractivity contribution >= 4 is 23.5 Å². The lowest BCUT2D eigenvalue weighted by atomic mass is 9.81. The molecule has 0 bridgehead atoms. The third-order valence-corrected chi connectivity index (χ3v) is 6.39. The number of likely N-dealkylation sites (N-methyl/N-ethyl adjacent to an activating group) is 1. The fourth-order valence-corrected chi connectivity index (χ4v) is 4.07. The minimum atomic E-state index is -5.03. The molecule has 0 unspecified atom stereocenters. The van der Waals surface area contributed by atoms with Crippen LogP contribution in [0.3, 0.4) is 0 Å². The molecule has 1 amide bonds. The lowest BCUT2D eigenvalue weighted by Gasteiger charge is -2.31. The molecule has 2 aromatic carbocycles. The number of carbonyl (C=O) groups is 1. The predicted molar refractivity (Wildman–Crippen MR) is 127 cm³/mol. The first-order valence-corrected chi connectivity index (χ1v) is 11.8. The minimum Gasteiger partial charge on any atom is -0.299 e. The van der Waals surface area contributed by atoms with Crippen LogP contribution in [0.5, 0.6) is 0 Å². The van der Waals surface area contributed by atoms with Gasteiger partial charge in [0.15, 0.2) is 5.16 Å². The highest BCUT2D eigenvalue weighted by atomic mass is 32.2. The summed E-state index contributed by atoms with van der Waals surface area (Å²) in [5.41, 5.74) is -3.05. The molecule has 36 heavy (non-hydrogen) atoms. The van der Waals surface area contributed by atoms with Gasteiger partial charge in [-0.15, -0.1) is 0 Å². The first-order valence-electron chi connectivity index (χ1n) is 10.6. The number of benzene rings is 2. The van der Waals surface area contributed by atoms with Crippen LogP contribution in [0.2, 0.25) is 0 Å². The number of hydrogen-bond acceptors (Lipinski definition) is 4. The standard InChI is InChI=1S/C25H23F6N3OS/c1-14-8-6-7-9-18(14)19-13-32-22(36-5)33-20(19)34(4)21(35)23(2,3)15-10-16(24(26,27)28)12-17(11-15)25(29,30)31/h6-13H,1-5H3. The van der Waals surface area contributed by atoms with E-state index in [4.69, 9.17) is 0 Å². The number of hydrogen-bond donors (Lipinski definition) is 0. The predicted octanol–water partition coefficient (Wildman–Crippen LogP) is 7.15. The monoisotopic (exact) mass is 527 g/mol. The highest BCUT2D eigenvalue weighted by molar-refractivity contribution is 7.98. The number of aromatic nitrogens is 2. The summed E-state index contributed by atoms with van der Waals surface area (Å²) in [7, 11) is 1.39. The molecule has 1 heterocycles. The van der Waals surface area contributed by atoms with E-state index in [1.54, 1.807) is 18.5 Å². The van der Waals surface area contributed by atoms with Crippen molar-refractivity contribution in [1.29, 1.82) is 0 Å². The van der Waals surface area contributed by atoms with Crippen LogP contribution in [0, 0.1) is 6.92 Å². The summed E-state index contributed by atoms with van der Waals surface area (Å²) in [6, 6.07) is 8.49. The van der Waals surface area contributed by atoms with Crippen LogP contribution in [0.25, 0.3) is 11.1 Å². The molecule has 0 N–H and O–H groups in total. The topological polar surface area (TPSA) is 46.1 Å². The van der Waals surface area contributed by atoms with Crippen molar-refractivity contribution in [3.05, 3.63) is 70.9 Å². The zero-order valence-electron chi connectivity index (χ0n) is 20.0. The van der Waals surface area contributed by atoms with Gasteiger partial charge >= 0.3 is 12.4 Å². The average Bonchev–Trinajstić information content (AvgIpc) is 2.81. The molecule has 0 aliphatic rings. The molecule has 3 aromatic rings. The van der Waals surface area contributed by atoms with Crippen LogP contribution in [0.4, 0.5) is 32.2 Å². The third-order valence-electron chi connectivity index (χ3n) is 5.83. The maximum absolute atomic E-state index is 13.7. The first kappa shape index (κ1) is 27.5. The van der Waals surface area contributed by atoms with Gasteiger partial charge in [-0.2, -0.15) is 26.3 Å². The van der Waals surface area contributed by atoms with Crippen molar-refractivity contribution in [1.82, 2.24) is 9.97 Å². The minimum absolute atomic E-state index is 0.0409. The van der Waals surface area contributed by atoms with Gasteiger partial charge in [-0.1, -0.05) is 36.0 Å². The zero-order chi connectivity index (χ0) is 27.1. The maximum atomic E-state index is 13.7. The van der Waals surface area contributed by atoms with Crippen LogP contribution in [0.15, 0.2) is 53.8 Å². The highest BCUT2D eigenvalue weighted by Crippen LogP contribution is 2.40. The molecule has 3 rings (SSSR count). The number of aryl methyl sites for hydroxylation is 1. The molecule has 1 aromatic heterocycles. The Kier molecular flexibility index (Phi) is 7.46. The van der Waals surface area contributed by atoms with Crippen LogP contribution >= 0.6 is 11.8 Å². The molecule has 11 heteroatoms. The molecule has 0 fully saturated rings. The van der Waals surface area contributed by atoms with Gasteiger partial charge in [0.2, 0.25) is 5.91 Å². The number of thioether (sulfide) groups is 1. The van der Waals surface area contributed by atoms with Crippen LogP contribution in [-0.4, -0.2) is 29.2 Å². The van der Waals surface area contributed by atoms with Gasteiger partial charge in [0.05, 0.1) is 16.5 Å². The maximum Gasteiger partial charge on any atom is 0.416 e. The van der Waals surface area contributed by atoms with Crippen LogP contribution in [-0.2, 0) is 22.6 Å². The Morgan fingerprint density at radius 3 is 1.92 bits per heavy atom. The molecule has 0 atom stereocenters. The normalized spacial score (nSPS) is 12.5. The number of rotatable bonds is 5. The van der Waals surface area contributed by atoms with E-state index in [0.29, 0.717) is 22.9 Å². The van der Waals surface area contributed by atoms with Crippen molar-refractivity contribution < 1.29 is 31.1 Å². The Labute approximate surface area is 208 Å². The largest absolute Gasteiger partial charge is 0.416 e. The Hall–Kier alpha value is -3.08. The van der Waals surface area contributed by atoms with Gasteiger partial charge in [0.1, 0.15) is 5.82 Å². The molecule has 0 radical (unpaired) electrons. The number of nitrogens with zero attached hydrogens (tertiary/aromatic N) is 3. The number of amides is 1. The van der Waals surface area contributed by atoms with Crippen molar-refractivity contribution in [3.8, 4) is 11.1 Å². The van der Waals surface area contributed by atoms with E-state index < -0.39 is 40.4 Å². The van der Waals surface area contributed by atoms with E-state index in [-0.39, 0.29) is 11.9 Å². The fourth-order valence-electron chi connectivity index (χ4n) is 3.73. The Balaban J connectivity index is 2.15. The lowest BCUT2D eigenvalue weighted by molar-refractivity contribution is -0.143. The molecule has 0 aliphatic heterocycles. The van der Waals surface area contributed by atoms with Crippen molar-refractivity contribution in [2.45, 2.75) is 43.7 Å². The van der Waals surface area contributed by atoms with Crippen molar-refractivity contribution in [3.63, 3.8) is 0 Å². The van der Waals surface area contributed by atoms with E-state index in [0.717, 1.165) is 16.0 Å².